The average molecular weight is 374 g/mol. The molecule has 0 radical (unpaired) electrons. The summed E-state index contributed by atoms with van der Waals surface area (Å²) in [6.07, 6.45) is 1.91. The van der Waals surface area contributed by atoms with E-state index in [0.29, 0.717) is 30.5 Å². The second-order valence-corrected chi connectivity index (χ2v) is 8.93. The molecule has 2 heterocycles. The molecule has 1 aliphatic heterocycles. The van der Waals surface area contributed by atoms with Crippen molar-refractivity contribution in [2.24, 2.45) is 5.92 Å². The smallest absolute Gasteiger partial charge is 0.257 e. The predicted molar refractivity (Wildman–Crippen MR) is 97.5 cm³/mol. The van der Waals surface area contributed by atoms with Gasteiger partial charge in [0.2, 0.25) is 10.0 Å². The van der Waals surface area contributed by atoms with E-state index in [1.807, 2.05) is 30.3 Å². The third kappa shape index (κ3) is 3.41. The van der Waals surface area contributed by atoms with E-state index in [1.54, 1.807) is 19.2 Å². The SMILES string of the molecule is CN(Cc1ccc2c(n1)OCCO2)S(=O)(=O)C(c1ccccc1)C1CC1. The van der Waals surface area contributed by atoms with Crippen molar-refractivity contribution in [2.45, 2.75) is 24.6 Å². The molecule has 2 aliphatic rings. The summed E-state index contributed by atoms with van der Waals surface area (Å²) in [5, 5.41) is -0.495. The summed E-state index contributed by atoms with van der Waals surface area (Å²) in [4.78, 5) is 4.41. The first kappa shape index (κ1) is 17.3. The van der Waals surface area contributed by atoms with Crippen molar-refractivity contribution < 1.29 is 17.9 Å². The maximum absolute atomic E-state index is 13.2. The molecule has 0 saturated heterocycles. The summed E-state index contributed by atoms with van der Waals surface area (Å²) in [5.41, 5.74) is 1.50. The molecule has 1 saturated carbocycles. The van der Waals surface area contributed by atoms with Gasteiger partial charge >= 0.3 is 0 Å². The van der Waals surface area contributed by atoms with Gasteiger partial charge in [-0.05, 0) is 36.5 Å². The molecule has 7 heteroatoms. The van der Waals surface area contributed by atoms with Crippen LogP contribution in [0.15, 0.2) is 42.5 Å². The number of fused-ring (bicyclic) bond motifs is 1. The first-order valence-electron chi connectivity index (χ1n) is 8.81. The molecule has 0 N–H and O–H groups in total. The van der Waals surface area contributed by atoms with Crippen LogP contribution in [0.25, 0.3) is 0 Å². The molecule has 26 heavy (non-hydrogen) atoms. The van der Waals surface area contributed by atoms with Crippen molar-refractivity contribution in [3.63, 3.8) is 0 Å². The van der Waals surface area contributed by atoms with Crippen molar-refractivity contribution in [3.05, 3.63) is 53.7 Å². The van der Waals surface area contributed by atoms with Crippen LogP contribution in [0.3, 0.4) is 0 Å². The molecule has 2 aromatic rings. The summed E-state index contributed by atoms with van der Waals surface area (Å²) in [6.45, 7) is 1.16. The minimum absolute atomic E-state index is 0.193. The highest BCUT2D eigenvalue weighted by atomic mass is 32.2. The lowest BCUT2D eigenvalue weighted by Crippen LogP contribution is -2.32. The summed E-state index contributed by atoms with van der Waals surface area (Å²) in [5.74, 6) is 1.23. The minimum Gasteiger partial charge on any atom is -0.484 e. The Bertz CT molecular complexity index is 882. The van der Waals surface area contributed by atoms with E-state index in [2.05, 4.69) is 4.98 Å². The Kier molecular flexibility index (Phi) is 4.58. The van der Waals surface area contributed by atoms with Crippen LogP contribution in [0, 0.1) is 5.92 Å². The highest BCUT2D eigenvalue weighted by Gasteiger charge is 2.43. The third-order valence-electron chi connectivity index (χ3n) is 4.78. The van der Waals surface area contributed by atoms with Gasteiger partial charge in [-0.1, -0.05) is 30.3 Å². The maximum Gasteiger partial charge on any atom is 0.257 e. The monoisotopic (exact) mass is 374 g/mol. The second kappa shape index (κ2) is 6.89. The normalized spacial score (nSPS) is 17.9. The number of benzene rings is 1. The van der Waals surface area contributed by atoms with Gasteiger partial charge in [-0.2, -0.15) is 4.31 Å². The van der Waals surface area contributed by atoms with Crippen LogP contribution in [0.2, 0.25) is 0 Å². The van der Waals surface area contributed by atoms with E-state index in [9.17, 15) is 8.42 Å². The third-order valence-corrected chi connectivity index (χ3v) is 7.08. The lowest BCUT2D eigenvalue weighted by Gasteiger charge is -2.25. The van der Waals surface area contributed by atoms with E-state index in [0.717, 1.165) is 18.4 Å². The van der Waals surface area contributed by atoms with Gasteiger partial charge in [-0.3, -0.25) is 0 Å². The number of ether oxygens (including phenoxy) is 2. The first-order valence-corrected chi connectivity index (χ1v) is 10.3. The molecule has 1 fully saturated rings. The van der Waals surface area contributed by atoms with Gasteiger partial charge in [0.1, 0.15) is 18.5 Å². The summed E-state index contributed by atoms with van der Waals surface area (Å²) in [7, 11) is -1.87. The number of rotatable bonds is 6. The number of sulfonamides is 1. The van der Waals surface area contributed by atoms with E-state index in [1.165, 1.54) is 4.31 Å². The minimum atomic E-state index is -3.49. The molecule has 1 aromatic carbocycles. The molecule has 1 aromatic heterocycles. The van der Waals surface area contributed by atoms with Crippen molar-refractivity contribution in [2.75, 3.05) is 20.3 Å². The molecule has 0 bridgehead atoms. The fraction of sp³-hybridized carbons (Fsp3) is 0.421. The molecule has 1 aliphatic carbocycles. The molecule has 1 unspecified atom stereocenters. The largest absolute Gasteiger partial charge is 0.484 e. The highest BCUT2D eigenvalue weighted by molar-refractivity contribution is 7.89. The van der Waals surface area contributed by atoms with E-state index >= 15 is 0 Å². The fourth-order valence-electron chi connectivity index (χ4n) is 3.30. The Morgan fingerprint density at radius 1 is 1.12 bits per heavy atom. The first-order chi connectivity index (χ1) is 12.6. The molecule has 6 nitrogen and oxygen atoms in total. The van der Waals surface area contributed by atoms with Crippen molar-refractivity contribution in [3.8, 4) is 11.6 Å². The quantitative estimate of drug-likeness (QED) is 0.778. The van der Waals surface area contributed by atoms with Crippen molar-refractivity contribution in [1.82, 2.24) is 9.29 Å². The Hall–Kier alpha value is -2.12. The number of hydrogen-bond donors (Lipinski definition) is 0. The predicted octanol–water partition coefficient (Wildman–Crippen LogP) is 2.77. The zero-order chi connectivity index (χ0) is 18.1. The van der Waals surface area contributed by atoms with Crippen LogP contribution in [0.5, 0.6) is 11.6 Å². The molecular weight excluding hydrogens is 352 g/mol. The Morgan fingerprint density at radius 3 is 2.58 bits per heavy atom. The maximum atomic E-state index is 13.2. The van der Waals surface area contributed by atoms with Gasteiger partial charge in [0.05, 0.1) is 12.2 Å². The summed E-state index contributed by atoms with van der Waals surface area (Å²) in [6, 6.07) is 13.1. The fourth-order valence-corrected chi connectivity index (χ4v) is 5.26. The molecule has 138 valence electrons. The zero-order valence-corrected chi connectivity index (χ0v) is 15.5. The number of hydrogen-bond acceptors (Lipinski definition) is 5. The number of aromatic nitrogens is 1. The lowest BCUT2D eigenvalue weighted by molar-refractivity contribution is 0.163. The summed E-state index contributed by atoms with van der Waals surface area (Å²) < 4.78 is 38.9. The highest BCUT2D eigenvalue weighted by Crippen LogP contribution is 2.46. The van der Waals surface area contributed by atoms with Gasteiger partial charge < -0.3 is 9.47 Å². The van der Waals surface area contributed by atoms with E-state index in [4.69, 9.17) is 9.47 Å². The van der Waals surface area contributed by atoms with Gasteiger partial charge in [0.25, 0.3) is 5.88 Å². The Balaban J connectivity index is 1.57. The van der Waals surface area contributed by atoms with Crippen LogP contribution < -0.4 is 9.47 Å². The lowest BCUT2D eigenvalue weighted by atomic mass is 10.1. The topological polar surface area (TPSA) is 68.7 Å². The van der Waals surface area contributed by atoms with Crippen LogP contribution in [0.1, 0.15) is 29.3 Å². The van der Waals surface area contributed by atoms with Gasteiger partial charge in [-0.15, -0.1) is 0 Å². The molecule has 4 rings (SSSR count). The van der Waals surface area contributed by atoms with Gasteiger partial charge in [-0.25, -0.2) is 13.4 Å². The van der Waals surface area contributed by atoms with Crippen LogP contribution in [0.4, 0.5) is 0 Å². The molecule has 1 atom stereocenters. The van der Waals surface area contributed by atoms with E-state index in [-0.39, 0.29) is 12.5 Å². The standard InChI is InChI=1S/C19H22N2O4S/c1-21(13-16-9-10-17-19(20-16)25-12-11-24-17)26(22,23)18(15-7-8-15)14-5-3-2-4-6-14/h2-6,9-10,15,18H,7-8,11-13H2,1H3. The van der Waals surface area contributed by atoms with Crippen molar-refractivity contribution >= 4 is 10.0 Å². The Labute approximate surface area is 153 Å². The van der Waals surface area contributed by atoms with Crippen LogP contribution >= 0.6 is 0 Å². The number of nitrogens with zero attached hydrogens (tertiary/aromatic N) is 2. The molecule has 0 spiro atoms. The summed E-state index contributed by atoms with van der Waals surface area (Å²) >= 11 is 0. The molecular formula is C19H22N2O4S. The molecule has 0 amide bonds. The zero-order valence-electron chi connectivity index (χ0n) is 14.7. The van der Waals surface area contributed by atoms with Gasteiger partial charge in [0, 0.05) is 7.05 Å². The van der Waals surface area contributed by atoms with Crippen LogP contribution in [-0.4, -0.2) is 38.0 Å². The average Bonchev–Trinajstić information content (AvgIpc) is 3.47. The number of pyridine rings is 1. The van der Waals surface area contributed by atoms with E-state index < -0.39 is 15.3 Å². The second-order valence-electron chi connectivity index (χ2n) is 6.77. The Morgan fingerprint density at radius 2 is 1.85 bits per heavy atom. The van der Waals surface area contributed by atoms with Crippen molar-refractivity contribution in [1.29, 1.82) is 0 Å². The van der Waals surface area contributed by atoms with Crippen LogP contribution in [-0.2, 0) is 16.6 Å². The van der Waals surface area contributed by atoms with Gasteiger partial charge in [0.15, 0.2) is 5.75 Å².